The predicted octanol–water partition coefficient (Wildman–Crippen LogP) is 5.04. The third-order valence-corrected chi connectivity index (χ3v) is 4.88. The van der Waals surface area contributed by atoms with E-state index in [0.717, 1.165) is 16.9 Å². The number of aryl methyl sites for hydroxylation is 1. The van der Waals surface area contributed by atoms with Gasteiger partial charge >= 0.3 is 5.97 Å². The van der Waals surface area contributed by atoms with E-state index in [2.05, 4.69) is 15.4 Å². The molecule has 1 atom stereocenters. The van der Waals surface area contributed by atoms with Crippen molar-refractivity contribution in [2.24, 2.45) is 0 Å². The van der Waals surface area contributed by atoms with Crippen LogP contribution >= 0.6 is 36.7 Å². The molecule has 2 N–H and O–H groups in total. The summed E-state index contributed by atoms with van der Waals surface area (Å²) in [5.74, 6) is -1.03. The van der Waals surface area contributed by atoms with Gasteiger partial charge in [-0.1, -0.05) is 23.2 Å². The number of nitrogens with zero attached hydrogens (tertiary/aromatic N) is 3. The Balaban J connectivity index is 0.00000280. The Morgan fingerprint density at radius 3 is 2.64 bits per heavy atom. The van der Waals surface area contributed by atoms with Crippen LogP contribution in [0.25, 0.3) is 11.1 Å². The smallest absolute Gasteiger partial charge is 0.354 e. The van der Waals surface area contributed by atoms with Gasteiger partial charge in [0.05, 0.1) is 22.3 Å². The molecule has 6 nitrogen and oxygen atoms in total. The molecule has 28 heavy (non-hydrogen) atoms. The number of hydrogen-bond acceptors (Lipinski definition) is 4. The molecule has 0 bridgehead atoms. The highest BCUT2D eigenvalue weighted by atomic mass is 35.5. The summed E-state index contributed by atoms with van der Waals surface area (Å²) in [6.45, 7) is 4.22. The van der Waals surface area contributed by atoms with Crippen molar-refractivity contribution in [2.75, 3.05) is 11.9 Å². The number of rotatable bonds is 6. The summed E-state index contributed by atoms with van der Waals surface area (Å²) in [7, 11) is 0. The van der Waals surface area contributed by atoms with Gasteiger partial charge in [0, 0.05) is 29.7 Å². The van der Waals surface area contributed by atoms with Gasteiger partial charge in [0.25, 0.3) is 0 Å². The minimum absolute atomic E-state index is 0. The highest BCUT2D eigenvalue weighted by molar-refractivity contribution is 7.59. The SMILES string of the molecule is Cc1cc(-c2cnn([C@@H](C)CNc3ccc(Cl)c(Cl)c3)c2C(=O)O)ccn1.S. The van der Waals surface area contributed by atoms with Crippen LogP contribution in [0.15, 0.2) is 42.7 Å². The van der Waals surface area contributed by atoms with E-state index in [9.17, 15) is 9.90 Å². The van der Waals surface area contributed by atoms with Gasteiger partial charge in [-0.25, -0.2) is 4.79 Å². The van der Waals surface area contributed by atoms with Gasteiger partial charge in [0.2, 0.25) is 0 Å². The average Bonchev–Trinajstić information content (AvgIpc) is 3.08. The summed E-state index contributed by atoms with van der Waals surface area (Å²) >= 11 is 11.9. The van der Waals surface area contributed by atoms with Crippen molar-refractivity contribution in [3.05, 3.63) is 64.2 Å². The summed E-state index contributed by atoms with van der Waals surface area (Å²) in [4.78, 5) is 16.0. The van der Waals surface area contributed by atoms with Crippen LogP contribution in [-0.4, -0.2) is 32.4 Å². The largest absolute Gasteiger partial charge is 0.477 e. The molecule has 0 fully saturated rings. The molecule has 2 aromatic heterocycles. The van der Waals surface area contributed by atoms with Crippen molar-refractivity contribution in [3.63, 3.8) is 0 Å². The second-order valence-electron chi connectivity index (χ2n) is 6.20. The zero-order chi connectivity index (χ0) is 19.6. The van der Waals surface area contributed by atoms with Crippen LogP contribution in [0.3, 0.4) is 0 Å². The van der Waals surface area contributed by atoms with Gasteiger partial charge in [-0.15, -0.1) is 0 Å². The van der Waals surface area contributed by atoms with Crippen molar-refractivity contribution >= 4 is 48.4 Å². The summed E-state index contributed by atoms with van der Waals surface area (Å²) in [5, 5.41) is 18.2. The number of aromatic nitrogens is 3. The lowest BCUT2D eigenvalue weighted by Gasteiger charge is -2.16. The van der Waals surface area contributed by atoms with Crippen molar-refractivity contribution in [3.8, 4) is 11.1 Å². The summed E-state index contributed by atoms with van der Waals surface area (Å²) in [6, 6.07) is 8.65. The van der Waals surface area contributed by atoms with Crippen LogP contribution in [0.2, 0.25) is 10.0 Å². The fourth-order valence-corrected chi connectivity index (χ4v) is 3.09. The first kappa shape index (κ1) is 22.1. The fourth-order valence-electron chi connectivity index (χ4n) is 2.79. The van der Waals surface area contributed by atoms with E-state index in [1.54, 1.807) is 30.6 Å². The van der Waals surface area contributed by atoms with Crippen molar-refractivity contribution in [1.82, 2.24) is 14.8 Å². The highest BCUT2D eigenvalue weighted by Gasteiger charge is 2.22. The third-order valence-electron chi connectivity index (χ3n) is 4.14. The zero-order valence-corrected chi connectivity index (χ0v) is 17.8. The van der Waals surface area contributed by atoms with Crippen LogP contribution in [0.1, 0.15) is 29.1 Å². The Kier molecular flexibility index (Phi) is 7.35. The number of benzene rings is 1. The van der Waals surface area contributed by atoms with Gasteiger partial charge in [-0.3, -0.25) is 9.67 Å². The van der Waals surface area contributed by atoms with Gasteiger partial charge in [-0.05, 0) is 49.7 Å². The Labute approximate surface area is 180 Å². The number of carboxylic acids is 1. The monoisotopic (exact) mass is 438 g/mol. The number of nitrogens with one attached hydrogen (secondary N) is 1. The minimum atomic E-state index is -1.03. The lowest BCUT2D eigenvalue weighted by Crippen LogP contribution is -2.21. The molecule has 3 rings (SSSR count). The van der Waals surface area contributed by atoms with E-state index in [4.69, 9.17) is 23.2 Å². The van der Waals surface area contributed by atoms with Gasteiger partial charge in [0.15, 0.2) is 5.69 Å². The maximum absolute atomic E-state index is 11.9. The quantitative estimate of drug-likeness (QED) is 0.562. The zero-order valence-electron chi connectivity index (χ0n) is 15.3. The number of anilines is 1. The maximum Gasteiger partial charge on any atom is 0.354 e. The second-order valence-corrected chi connectivity index (χ2v) is 7.02. The van der Waals surface area contributed by atoms with Crippen molar-refractivity contribution in [1.29, 1.82) is 0 Å². The van der Waals surface area contributed by atoms with Crippen LogP contribution in [0.5, 0.6) is 0 Å². The molecular formula is C19H20Cl2N4O2S. The molecule has 148 valence electrons. The van der Waals surface area contributed by atoms with Crippen molar-refractivity contribution < 1.29 is 9.90 Å². The summed E-state index contributed by atoms with van der Waals surface area (Å²) in [6.07, 6.45) is 3.23. The number of pyridine rings is 1. The molecular weight excluding hydrogens is 419 g/mol. The average molecular weight is 439 g/mol. The molecule has 1 aromatic carbocycles. The Morgan fingerprint density at radius 1 is 1.25 bits per heavy atom. The summed E-state index contributed by atoms with van der Waals surface area (Å²) in [5.41, 5.74) is 3.09. The molecule has 0 aliphatic rings. The minimum Gasteiger partial charge on any atom is -0.477 e. The molecule has 9 heteroatoms. The Bertz CT molecular complexity index is 994. The van der Waals surface area contributed by atoms with E-state index < -0.39 is 5.97 Å². The van der Waals surface area contributed by atoms with E-state index in [-0.39, 0.29) is 25.2 Å². The summed E-state index contributed by atoms with van der Waals surface area (Å²) < 4.78 is 1.51. The third kappa shape index (κ3) is 4.79. The van der Waals surface area contributed by atoms with E-state index in [1.165, 1.54) is 4.68 Å². The van der Waals surface area contributed by atoms with Gasteiger partial charge in [-0.2, -0.15) is 18.6 Å². The maximum atomic E-state index is 11.9. The molecule has 3 aromatic rings. The standard InChI is InChI=1S/C19H18Cl2N4O2.H2S/c1-11-7-13(5-6-22-11)15-10-24-25(18(15)19(26)27)12(2)9-23-14-3-4-16(20)17(21)8-14;/h3-8,10,12,23H,9H2,1-2H3,(H,26,27);1H2/t12-;/m0./s1. The van der Waals surface area contributed by atoms with Crippen LogP contribution in [0.4, 0.5) is 5.69 Å². The van der Waals surface area contributed by atoms with Crippen LogP contribution in [0, 0.1) is 6.92 Å². The van der Waals surface area contributed by atoms with E-state index in [1.807, 2.05) is 26.0 Å². The van der Waals surface area contributed by atoms with E-state index in [0.29, 0.717) is 22.2 Å². The molecule has 0 aliphatic heterocycles. The predicted molar refractivity (Wildman–Crippen MR) is 117 cm³/mol. The van der Waals surface area contributed by atoms with Crippen LogP contribution < -0.4 is 5.32 Å². The first-order valence-electron chi connectivity index (χ1n) is 8.29. The lowest BCUT2D eigenvalue weighted by atomic mass is 10.1. The van der Waals surface area contributed by atoms with Gasteiger partial charge < -0.3 is 10.4 Å². The van der Waals surface area contributed by atoms with E-state index >= 15 is 0 Å². The Morgan fingerprint density at radius 2 is 2.00 bits per heavy atom. The number of carboxylic acid groups (broad SMARTS) is 1. The molecule has 0 spiro atoms. The lowest BCUT2D eigenvalue weighted by molar-refractivity contribution is 0.0682. The number of aromatic carboxylic acids is 1. The van der Waals surface area contributed by atoms with Gasteiger partial charge in [0.1, 0.15) is 0 Å². The molecule has 0 unspecified atom stereocenters. The topological polar surface area (TPSA) is 80.0 Å². The number of hydrogen-bond donors (Lipinski definition) is 2. The molecule has 0 radical (unpaired) electrons. The molecule has 0 aliphatic carbocycles. The number of halogens is 2. The molecule has 0 amide bonds. The first-order chi connectivity index (χ1) is 12.9. The van der Waals surface area contributed by atoms with Crippen LogP contribution in [-0.2, 0) is 0 Å². The van der Waals surface area contributed by atoms with Crippen molar-refractivity contribution in [2.45, 2.75) is 19.9 Å². The normalized spacial score (nSPS) is 11.6. The fraction of sp³-hybridized carbons (Fsp3) is 0.211. The number of carbonyl (C=O) groups is 1. The molecule has 0 saturated heterocycles. The first-order valence-corrected chi connectivity index (χ1v) is 9.05. The molecule has 2 heterocycles. The molecule has 0 saturated carbocycles. The Hall–Kier alpha value is -2.22. The highest BCUT2D eigenvalue weighted by Crippen LogP contribution is 2.27. The second kappa shape index (κ2) is 9.32.